The normalized spacial score (nSPS) is 13.8. The van der Waals surface area contributed by atoms with Crippen LogP contribution in [0.15, 0.2) is 28.7 Å². The van der Waals surface area contributed by atoms with Crippen molar-refractivity contribution in [3.8, 4) is 0 Å². The van der Waals surface area contributed by atoms with Crippen molar-refractivity contribution in [1.82, 2.24) is 5.32 Å². The van der Waals surface area contributed by atoms with Crippen LogP contribution in [0.25, 0.3) is 0 Å². The highest BCUT2D eigenvalue weighted by molar-refractivity contribution is 9.10. The summed E-state index contributed by atoms with van der Waals surface area (Å²) in [7, 11) is 0. The first-order valence-corrected chi connectivity index (χ1v) is 7.77. The zero-order chi connectivity index (χ0) is 15.0. The Hall–Kier alpha value is -0.910. The van der Waals surface area contributed by atoms with Crippen LogP contribution in [0.5, 0.6) is 0 Å². The van der Waals surface area contributed by atoms with Crippen molar-refractivity contribution < 1.29 is 9.90 Å². The number of aliphatic hydroxyl groups excluding tert-OH is 1. The van der Waals surface area contributed by atoms with Crippen molar-refractivity contribution in [2.24, 2.45) is 0 Å². The summed E-state index contributed by atoms with van der Waals surface area (Å²) in [6.45, 7) is 4.51. The van der Waals surface area contributed by atoms with Gasteiger partial charge in [0.05, 0.1) is 6.10 Å². The molecule has 0 radical (unpaired) electrons. The molecule has 112 valence electrons. The van der Waals surface area contributed by atoms with E-state index in [0.29, 0.717) is 13.0 Å². The SMILES string of the molecule is CCCC(O)CNC(C)CC(=O)Nc1ccc(Br)cc1. The standard InChI is InChI=1S/C15H23BrN2O2/c1-3-4-14(19)10-17-11(2)9-15(20)18-13-7-5-12(16)6-8-13/h5-8,11,14,17,19H,3-4,9-10H2,1-2H3,(H,18,20). The molecule has 1 aromatic rings. The van der Waals surface area contributed by atoms with Gasteiger partial charge in [0.25, 0.3) is 0 Å². The van der Waals surface area contributed by atoms with Crippen molar-refractivity contribution in [2.45, 2.75) is 45.3 Å². The van der Waals surface area contributed by atoms with Crippen LogP contribution in [0.1, 0.15) is 33.1 Å². The smallest absolute Gasteiger partial charge is 0.225 e. The van der Waals surface area contributed by atoms with E-state index in [2.05, 4.69) is 26.6 Å². The van der Waals surface area contributed by atoms with Crippen molar-refractivity contribution in [3.63, 3.8) is 0 Å². The van der Waals surface area contributed by atoms with Gasteiger partial charge in [-0.3, -0.25) is 4.79 Å². The minimum absolute atomic E-state index is 0.0303. The van der Waals surface area contributed by atoms with Gasteiger partial charge in [0.15, 0.2) is 0 Å². The van der Waals surface area contributed by atoms with E-state index in [-0.39, 0.29) is 18.1 Å². The van der Waals surface area contributed by atoms with Crippen LogP contribution in [0.2, 0.25) is 0 Å². The van der Waals surface area contributed by atoms with Gasteiger partial charge in [0, 0.05) is 29.2 Å². The van der Waals surface area contributed by atoms with E-state index in [1.165, 1.54) is 0 Å². The van der Waals surface area contributed by atoms with Gasteiger partial charge in [-0.1, -0.05) is 29.3 Å². The molecule has 2 atom stereocenters. The Balaban J connectivity index is 2.29. The van der Waals surface area contributed by atoms with Crippen molar-refractivity contribution in [2.75, 3.05) is 11.9 Å². The zero-order valence-corrected chi connectivity index (χ0v) is 13.6. The summed E-state index contributed by atoms with van der Waals surface area (Å²) in [4.78, 5) is 11.9. The van der Waals surface area contributed by atoms with Gasteiger partial charge >= 0.3 is 0 Å². The van der Waals surface area contributed by atoms with Gasteiger partial charge in [-0.05, 0) is 37.6 Å². The average Bonchev–Trinajstić information content (AvgIpc) is 2.39. The number of rotatable bonds is 8. The van der Waals surface area contributed by atoms with Crippen LogP contribution < -0.4 is 10.6 Å². The lowest BCUT2D eigenvalue weighted by Crippen LogP contribution is -2.36. The zero-order valence-electron chi connectivity index (χ0n) is 12.0. The fourth-order valence-corrected chi connectivity index (χ4v) is 2.13. The predicted octanol–water partition coefficient (Wildman–Crippen LogP) is 2.92. The number of benzene rings is 1. The molecule has 0 aliphatic rings. The Morgan fingerprint density at radius 1 is 1.35 bits per heavy atom. The third kappa shape index (κ3) is 7.03. The molecule has 3 N–H and O–H groups in total. The Bertz CT molecular complexity index is 409. The van der Waals surface area contributed by atoms with Crippen LogP contribution in [0.3, 0.4) is 0 Å². The molecule has 0 aliphatic heterocycles. The van der Waals surface area contributed by atoms with Gasteiger partial charge < -0.3 is 15.7 Å². The minimum Gasteiger partial charge on any atom is -0.392 e. The summed E-state index contributed by atoms with van der Waals surface area (Å²) < 4.78 is 0.982. The van der Waals surface area contributed by atoms with E-state index in [1.807, 2.05) is 38.1 Å². The number of carbonyl (C=O) groups is 1. The maximum Gasteiger partial charge on any atom is 0.225 e. The number of aliphatic hydroxyl groups is 1. The number of amides is 1. The summed E-state index contributed by atoms with van der Waals surface area (Å²) in [6, 6.07) is 7.52. The van der Waals surface area contributed by atoms with Gasteiger partial charge in [-0.25, -0.2) is 0 Å². The number of hydrogen-bond acceptors (Lipinski definition) is 3. The predicted molar refractivity (Wildman–Crippen MR) is 85.8 cm³/mol. The van der Waals surface area contributed by atoms with Gasteiger partial charge in [0.2, 0.25) is 5.91 Å². The Labute approximate surface area is 129 Å². The van der Waals surface area contributed by atoms with E-state index in [9.17, 15) is 9.90 Å². The van der Waals surface area contributed by atoms with Crippen LogP contribution >= 0.6 is 15.9 Å². The van der Waals surface area contributed by atoms with E-state index in [4.69, 9.17) is 0 Å². The molecule has 20 heavy (non-hydrogen) atoms. The molecule has 0 bridgehead atoms. The topological polar surface area (TPSA) is 61.4 Å². The maximum absolute atomic E-state index is 11.9. The highest BCUT2D eigenvalue weighted by atomic mass is 79.9. The lowest BCUT2D eigenvalue weighted by atomic mass is 10.1. The summed E-state index contributed by atoms with van der Waals surface area (Å²) >= 11 is 3.35. The molecule has 1 aromatic carbocycles. The molecule has 0 fully saturated rings. The fraction of sp³-hybridized carbons (Fsp3) is 0.533. The van der Waals surface area contributed by atoms with Crippen molar-refractivity contribution in [3.05, 3.63) is 28.7 Å². The van der Waals surface area contributed by atoms with E-state index in [1.54, 1.807) is 0 Å². The molecule has 0 saturated carbocycles. The molecule has 5 heteroatoms. The molecule has 2 unspecified atom stereocenters. The fourth-order valence-electron chi connectivity index (χ4n) is 1.87. The second-order valence-electron chi connectivity index (χ2n) is 5.01. The molecular weight excluding hydrogens is 320 g/mol. The second-order valence-corrected chi connectivity index (χ2v) is 5.93. The molecule has 1 rings (SSSR count). The summed E-state index contributed by atoms with van der Waals surface area (Å²) in [6.07, 6.45) is 1.79. The first-order chi connectivity index (χ1) is 9.51. The largest absolute Gasteiger partial charge is 0.392 e. The van der Waals surface area contributed by atoms with Crippen LogP contribution in [-0.2, 0) is 4.79 Å². The summed E-state index contributed by atoms with van der Waals surface area (Å²) in [5.74, 6) is -0.0303. The van der Waals surface area contributed by atoms with E-state index < -0.39 is 0 Å². The molecular formula is C15H23BrN2O2. The molecule has 0 saturated heterocycles. The Morgan fingerprint density at radius 3 is 2.60 bits per heavy atom. The number of hydrogen-bond donors (Lipinski definition) is 3. The van der Waals surface area contributed by atoms with Gasteiger partial charge in [-0.15, -0.1) is 0 Å². The van der Waals surface area contributed by atoms with Gasteiger partial charge in [-0.2, -0.15) is 0 Å². The van der Waals surface area contributed by atoms with Crippen LogP contribution in [-0.4, -0.2) is 29.7 Å². The number of carbonyl (C=O) groups excluding carboxylic acids is 1. The molecule has 0 heterocycles. The minimum atomic E-state index is -0.336. The lowest BCUT2D eigenvalue weighted by Gasteiger charge is -2.16. The van der Waals surface area contributed by atoms with Crippen LogP contribution in [0, 0.1) is 0 Å². The third-order valence-electron chi connectivity index (χ3n) is 2.94. The summed E-state index contributed by atoms with van der Waals surface area (Å²) in [5.41, 5.74) is 0.788. The monoisotopic (exact) mass is 342 g/mol. The molecule has 0 spiro atoms. The van der Waals surface area contributed by atoms with Gasteiger partial charge in [0.1, 0.15) is 0 Å². The second kappa shape index (κ2) is 9.10. The van der Waals surface area contributed by atoms with Crippen molar-refractivity contribution >= 4 is 27.5 Å². The highest BCUT2D eigenvalue weighted by Crippen LogP contribution is 2.14. The van der Waals surface area contributed by atoms with E-state index >= 15 is 0 Å². The molecule has 0 aromatic heterocycles. The number of halogens is 1. The molecule has 0 aliphatic carbocycles. The third-order valence-corrected chi connectivity index (χ3v) is 3.47. The quantitative estimate of drug-likeness (QED) is 0.680. The lowest BCUT2D eigenvalue weighted by molar-refractivity contribution is -0.116. The number of anilines is 1. The first kappa shape index (κ1) is 17.1. The molecule has 1 amide bonds. The van der Waals surface area contributed by atoms with Crippen LogP contribution in [0.4, 0.5) is 5.69 Å². The van der Waals surface area contributed by atoms with E-state index in [0.717, 1.165) is 23.0 Å². The summed E-state index contributed by atoms with van der Waals surface area (Å²) in [5, 5.41) is 15.7. The first-order valence-electron chi connectivity index (χ1n) is 6.98. The maximum atomic E-state index is 11.9. The Morgan fingerprint density at radius 2 is 2.00 bits per heavy atom. The highest BCUT2D eigenvalue weighted by Gasteiger charge is 2.10. The Kier molecular flexibility index (Phi) is 7.80. The van der Waals surface area contributed by atoms with Crippen molar-refractivity contribution in [1.29, 1.82) is 0 Å². The molecule has 4 nitrogen and oxygen atoms in total. The average molecular weight is 343 g/mol. The number of nitrogens with one attached hydrogen (secondary N) is 2.